The Hall–Kier alpha value is -0.0500. The molecule has 1 rings (SSSR count). The lowest BCUT2D eigenvalue weighted by atomic mass is 9.61. The van der Waals surface area contributed by atoms with Gasteiger partial charge in [-0.2, -0.15) is 0 Å². The Labute approximate surface area is 103 Å². The summed E-state index contributed by atoms with van der Waals surface area (Å²) in [5.74, 6) is -0.0224. The van der Waals surface area contributed by atoms with Crippen LogP contribution < -0.4 is 0 Å². The zero-order chi connectivity index (χ0) is 12.6. The minimum Gasteiger partial charge on any atom is -0.389 e. The average molecular weight is 247 g/mol. The molecule has 94 valence electrons. The summed E-state index contributed by atoms with van der Waals surface area (Å²) in [7, 11) is 0. The van der Waals surface area contributed by atoms with Crippen molar-refractivity contribution in [3.8, 4) is 0 Å². The lowest BCUT2D eigenvalue weighted by molar-refractivity contribution is -0.0626. The predicted molar refractivity (Wildman–Crippen MR) is 67.6 cm³/mol. The summed E-state index contributed by atoms with van der Waals surface area (Å²) >= 11 is 6.20. The van der Waals surface area contributed by atoms with E-state index in [0.29, 0.717) is 0 Å². The predicted octanol–water partition coefficient (Wildman–Crippen LogP) is 2.72. The van der Waals surface area contributed by atoms with E-state index >= 15 is 0 Å². The van der Waals surface area contributed by atoms with E-state index in [2.05, 4.69) is 13.8 Å². The number of aliphatic hydroxyl groups excluding tert-OH is 1. The van der Waals surface area contributed by atoms with Gasteiger partial charge in [-0.3, -0.25) is 0 Å². The van der Waals surface area contributed by atoms with Gasteiger partial charge in [0.15, 0.2) is 0 Å². The molecule has 0 heterocycles. The van der Waals surface area contributed by atoms with Gasteiger partial charge in [0.1, 0.15) is 0 Å². The zero-order valence-electron chi connectivity index (χ0n) is 10.6. The molecule has 0 aromatic rings. The first kappa shape index (κ1) is 14.0. The third-order valence-corrected chi connectivity index (χ3v) is 4.39. The van der Waals surface area contributed by atoms with Crippen LogP contribution in [-0.2, 0) is 0 Å². The summed E-state index contributed by atoms with van der Waals surface area (Å²) in [6.07, 6.45) is 4.99. The number of alkyl halides is 1. The molecule has 16 heavy (non-hydrogen) atoms. The van der Waals surface area contributed by atoms with Gasteiger partial charge in [-0.05, 0) is 32.1 Å². The number of rotatable bonds is 2. The molecule has 1 saturated carbocycles. The molecule has 4 atom stereocenters. The van der Waals surface area contributed by atoms with Crippen molar-refractivity contribution in [2.45, 2.75) is 57.6 Å². The molecule has 0 saturated heterocycles. The first-order valence-electron chi connectivity index (χ1n) is 5.91. The van der Waals surface area contributed by atoms with Gasteiger partial charge in [-0.25, -0.2) is 0 Å². The highest BCUT2D eigenvalue weighted by atomic mass is 35.5. The van der Waals surface area contributed by atoms with Gasteiger partial charge in [0, 0.05) is 5.92 Å². The van der Waals surface area contributed by atoms with Crippen molar-refractivity contribution in [2.24, 2.45) is 11.3 Å². The van der Waals surface area contributed by atoms with Gasteiger partial charge in [-0.1, -0.05) is 26.0 Å². The standard InChI is InChI=1S/C13H23ClO2/c1-9(15)5-6-10-12(2,3)8-7-11(14)13(10,4)16/h5-6,9-11,15-16H,7-8H2,1-4H3/b6-5+/t9-,10-,11-,13-/m1/s1. The van der Waals surface area contributed by atoms with Crippen LogP contribution in [-0.4, -0.2) is 27.3 Å². The Bertz CT molecular complexity index is 269. The van der Waals surface area contributed by atoms with Crippen molar-refractivity contribution in [1.82, 2.24) is 0 Å². The van der Waals surface area contributed by atoms with Gasteiger partial charge in [0.2, 0.25) is 0 Å². The molecule has 0 amide bonds. The molecule has 1 aliphatic carbocycles. The van der Waals surface area contributed by atoms with E-state index < -0.39 is 11.7 Å². The summed E-state index contributed by atoms with van der Waals surface area (Å²) in [4.78, 5) is 0. The number of hydrogen-bond acceptors (Lipinski definition) is 2. The van der Waals surface area contributed by atoms with E-state index in [9.17, 15) is 10.2 Å². The first-order chi connectivity index (χ1) is 7.18. The second-order valence-corrected chi connectivity index (χ2v) is 6.35. The molecular formula is C13H23ClO2. The topological polar surface area (TPSA) is 40.5 Å². The Kier molecular flexibility index (Phi) is 4.09. The van der Waals surface area contributed by atoms with Crippen molar-refractivity contribution in [3.05, 3.63) is 12.2 Å². The maximum absolute atomic E-state index is 10.5. The lowest BCUT2D eigenvalue weighted by Gasteiger charge is -2.49. The van der Waals surface area contributed by atoms with Crippen molar-refractivity contribution < 1.29 is 10.2 Å². The van der Waals surface area contributed by atoms with Crippen LogP contribution >= 0.6 is 11.6 Å². The molecule has 2 N–H and O–H groups in total. The number of aliphatic hydroxyl groups is 2. The third kappa shape index (κ3) is 2.79. The fourth-order valence-corrected chi connectivity index (χ4v) is 2.90. The summed E-state index contributed by atoms with van der Waals surface area (Å²) in [5, 5.41) is 19.6. The molecule has 0 aromatic heterocycles. The summed E-state index contributed by atoms with van der Waals surface area (Å²) in [5.41, 5.74) is -0.894. The van der Waals surface area contributed by atoms with E-state index in [0.717, 1.165) is 12.8 Å². The fraction of sp³-hybridized carbons (Fsp3) is 0.846. The van der Waals surface area contributed by atoms with Crippen LogP contribution in [0.4, 0.5) is 0 Å². The highest BCUT2D eigenvalue weighted by molar-refractivity contribution is 6.21. The average Bonchev–Trinajstić information content (AvgIpc) is 2.11. The highest BCUT2D eigenvalue weighted by Crippen LogP contribution is 2.48. The molecule has 0 radical (unpaired) electrons. The summed E-state index contributed by atoms with van der Waals surface area (Å²) in [6, 6.07) is 0. The van der Waals surface area contributed by atoms with Gasteiger partial charge in [-0.15, -0.1) is 11.6 Å². The normalized spacial score (nSPS) is 41.2. The van der Waals surface area contributed by atoms with Crippen LogP contribution in [0.5, 0.6) is 0 Å². The van der Waals surface area contributed by atoms with Crippen LogP contribution in [0.1, 0.15) is 40.5 Å². The van der Waals surface area contributed by atoms with Crippen LogP contribution in [0.15, 0.2) is 12.2 Å². The van der Waals surface area contributed by atoms with Gasteiger partial charge < -0.3 is 10.2 Å². The molecule has 1 aliphatic rings. The van der Waals surface area contributed by atoms with E-state index in [1.54, 1.807) is 19.9 Å². The SMILES string of the molecule is C[C@@H](O)/C=C/[C@@H]1C(C)(C)CC[C@@H](Cl)[C@]1(C)O. The van der Waals surface area contributed by atoms with Crippen molar-refractivity contribution in [3.63, 3.8) is 0 Å². The van der Waals surface area contributed by atoms with Crippen LogP contribution in [0.2, 0.25) is 0 Å². The largest absolute Gasteiger partial charge is 0.389 e. The minimum absolute atomic E-state index is 0.0142. The second kappa shape index (κ2) is 4.67. The van der Waals surface area contributed by atoms with E-state index in [4.69, 9.17) is 11.6 Å². The third-order valence-electron chi connectivity index (χ3n) is 3.73. The maximum Gasteiger partial charge on any atom is 0.0849 e. The first-order valence-corrected chi connectivity index (χ1v) is 6.34. The molecule has 2 nitrogen and oxygen atoms in total. The summed E-state index contributed by atoms with van der Waals surface area (Å²) < 4.78 is 0. The van der Waals surface area contributed by atoms with E-state index in [1.807, 2.05) is 6.08 Å². The minimum atomic E-state index is -0.908. The molecule has 0 aliphatic heterocycles. The molecule has 0 aromatic carbocycles. The number of hydrogen-bond donors (Lipinski definition) is 2. The van der Waals surface area contributed by atoms with E-state index in [1.165, 1.54) is 0 Å². The molecule has 0 spiro atoms. The maximum atomic E-state index is 10.5. The lowest BCUT2D eigenvalue weighted by Crippen LogP contribution is -2.52. The molecular weight excluding hydrogens is 224 g/mol. The second-order valence-electron chi connectivity index (χ2n) is 5.82. The molecule has 3 heteroatoms. The molecule has 0 unspecified atom stereocenters. The van der Waals surface area contributed by atoms with Gasteiger partial charge >= 0.3 is 0 Å². The fourth-order valence-electron chi connectivity index (χ4n) is 2.66. The van der Waals surface area contributed by atoms with E-state index in [-0.39, 0.29) is 16.7 Å². The van der Waals surface area contributed by atoms with Crippen LogP contribution in [0.3, 0.4) is 0 Å². The quantitative estimate of drug-likeness (QED) is 0.581. The van der Waals surface area contributed by atoms with Gasteiger partial charge in [0.25, 0.3) is 0 Å². The Morgan fingerprint density at radius 3 is 2.44 bits per heavy atom. The number of halogens is 1. The Balaban J connectivity index is 2.96. The smallest absolute Gasteiger partial charge is 0.0849 e. The van der Waals surface area contributed by atoms with Crippen molar-refractivity contribution >= 4 is 11.6 Å². The molecule has 0 bridgehead atoms. The highest BCUT2D eigenvalue weighted by Gasteiger charge is 2.49. The monoisotopic (exact) mass is 246 g/mol. The summed E-state index contributed by atoms with van der Waals surface area (Å²) in [6.45, 7) is 7.78. The molecule has 1 fully saturated rings. The zero-order valence-corrected chi connectivity index (χ0v) is 11.3. The van der Waals surface area contributed by atoms with Crippen LogP contribution in [0.25, 0.3) is 0 Å². The van der Waals surface area contributed by atoms with Gasteiger partial charge in [0.05, 0.1) is 17.1 Å². The Morgan fingerprint density at radius 1 is 1.38 bits per heavy atom. The van der Waals surface area contributed by atoms with Crippen LogP contribution in [0, 0.1) is 11.3 Å². The van der Waals surface area contributed by atoms with Crippen molar-refractivity contribution in [1.29, 1.82) is 0 Å². The Morgan fingerprint density at radius 2 is 1.94 bits per heavy atom. The van der Waals surface area contributed by atoms with Crippen molar-refractivity contribution in [2.75, 3.05) is 0 Å².